The summed E-state index contributed by atoms with van der Waals surface area (Å²) in [7, 11) is 0. The highest BCUT2D eigenvalue weighted by Crippen LogP contribution is 2.23. The summed E-state index contributed by atoms with van der Waals surface area (Å²) in [5.74, 6) is 0.400. The molecule has 0 radical (unpaired) electrons. The Hall–Kier alpha value is -3.95. The molecule has 30 heavy (non-hydrogen) atoms. The van der Waals surface area contributed by atoms with Crippen LogP contribution in [0.25, 0.3) is 11.7 Å². The van der Waals surface area contributed by atoms with Crippen LogP contribution in [0, 0.1) is 6.92 Å². The van der Waals surface area contributed by atoms with E-state index in [0.29, 0.717) is 40.3 Å². The summed E-state index contributed by atoms with van der Waals surface area (Å²) in [5.41, 5.74) is 3.41. The number of aryl methyl sites for hydroxylation is 1. The molecule has 1 saturated carbocycles. The zero-order chi connectivity index (χ0) is 20.7. The lowest BCUT2D eigenvalue weighted by Crippen LogP contribution is -2.20. The molecule has 4 N–H and O–H groups in total. The van der Waals surface area contributed by atoms with Gasteiger partial charge >= 0.3 is 0 Å². The second-order valence-electron chi connectivity index (χ2n) is 7.30. The van der Waals surface area contributed by atoms with Crippen molar-refractivity contribution in [2.45, 2.75) is 32.4 Å². The Morgan fingerprint density at radius 2 is 2.10 bits per heavy atom. The first-order valence-corrected chi connectivity index (χ1v) is 9.62. The number of anilines is 1. The Kier molecular flexibility index (Phi) is 4.31. The lowest BCUT2D eigenvalue weighted by molar-refractivity contribution is 0.425. The van der Waals surface area contributed by atoms with Crippen molar-refractivity contribution in [3.05, 3.63) is 58.4 Å². The molecular weight excluding hydrogens is 384 g/mol. The van der Waals surface area contributed by atoms with Crippen LogP contribution in [0.4, 0.5) is 5.82 Å². The van der Waals surface area contributed by atoms with Crippen molar-refractivity contribution in [2.75, 3.05) is 5.32 Å². The van der Waals surface area contributed by atoms with E-state index in [1.54, 1.807) is 29.2 Å². The van der Waals surface area contributed by atoms with Crippen LogP contribution in [0.15, 0.2) is 35.7 Å². The lowest BCUT2D eigenvalue weighted by Gasteiger charge is -2.06. The van der Waals surface area contributed by atoms with Gasteiger partial charge in [0.25, 0.3) is 0 Å². The third kappa shape index (κ3) is 3.66. The number of aromatic nitrogens is 6. The minimum absolute atomic E-state index is 0.117. The normalized spacial score (nSPS) is 15.2. The van der Waals surface area contributed by atoms with Crippen LogP contribution in [0.3, 0.4) is 0 Å². The number of hydrogen-bond donors (Lipinski definition) is 4. The highest BCUT2D eigenvalue weighted by atomic mass is 16.3. The summed E-state index contributed by atoms with van der Waals surface area (Å²) in [6.45, 7) is 2.37. The molecule has 10 nitrogen and oxygen atoms in total. The molecule has 0 bridgehead atoms. The zero-order valence-corrected chi connectivity index (χ0v) is 16.2. The Morgan fingerprint density at radius 3 is 2.80 bits per heavy atom. The van der Waals surface area contributed by atoms with Gasteiger partial charge in [-0.1, -0.05) is 0 Å². The molecule has 152 valence electrons. The van der Waals surface area contributed by atoms with E-state index in [4.69, 9.17) is 4.99 Å². The van der Waals surface area contributed by atoms with Gasteiger partial charge in [-0.3, -0.25) is 19.9 Å². The van der Waals surface area contributed by atoms with Crippen LogP contribution in [-0.4, -0.2) is 45.8 Å². The predicted octanol–water partition coefficient (Wildman–Crippen LogP) is 0.790. The monoisotopic (exact) mass is 404 g/mol. The molecule has 4 aromatic rings. The van der Waals surface area contributed by atoms with Gasteiger partial charge in [0.05, 0.1) is 36.4 Å². The van der Waals surface area contributed by atoms with Crippen LogP contribution in [0.2, 0.25) is 0 Å². The molecule has 0 saturated heterocycles. The second-order valence-corrected chi connectivity index (χ2v) is 7.30. The molecule has 0 amide bonds. The summed E-state index contributed by atoms with van der Waals surface area (Å²) in [6, 6.07) is 3.62. The summed E-state index contributed by atoms with van der Waals surface area (Å²) in [5, 5.41) is 27.9. The van der Waals surface area contributed by atoms with Crippen molar-refractivity contribution in [1.29, 1.82) is 0 Å². The largest absolute Gasteiger partial charge is 0.494 e. The topological polar surface area (TPSA) is 137 Å². The summed E-state index contributed by atoms with van der Waals surface area (Å²) in [4.78, 5) is 20.5. The molecule has 1 aliphatic carbocycles. The first-order valence-electron chi connectivity index (χ1n) is 9.62. The van der Waals surface area contributed by atoms with Crippen molar-refractivity contribution in [3.63, 3.8) is 0 Å². The Labute approximate surface area is 170 Å². The molecule has 4 heterocycles. The highest BCUT2D eigenvalue weighted by Gasteiger charge is 2.20. The number of aromatic hydroxyl groups is 2. The molecule has 4 aromatic heterocycles. The summed E-state index contributed by atoms with van der Waals surface area (Å²) < 4.78 is 1.69. The van der Waals surface area contributed by atoms with E-state index < -0.39 is 0 Å². The number of fused-ring (bicyclic) bond motifs is 1. The summed E-state index contributed by atoms with van der Waals surface area (Å²) in [6.07, 6.45) is 8.97. The molecule has 0 unspecified atom stereocenters. The fourth-order valence-corrected chi connectivity index (χ4v) is 3.05. The molecule has 10 heteroatoms. The van der Waals surface area contributed by atoms with Gasteiger partial charge in [-0.2, -0.15) is 9.61 Å². The maximum absolute atomic E-state index is 9.93. The average molecular weight is 404 g/mol. The zero-order valence-electron chi connectivity index (χ0n) is 16.2. The number of nitrogens with zero attached hydrogens (tertiary/aromatic N) is 6. The van der Waals surface area contributed by atoms with Crippen molar-refractivity contribution < 1.29 is 10.2 Å². The van der Waals surface area contributed by atoms with E-state index in [2.05, 4.69) is 30.4 Å². The van der Waals surface area contributed by atoms with E-state index in [0.717, 1.165) is 24.2 Å². The van der Waals surface area contributed by atoms with Crippen LogP contribution >= 0.6 is 0 Å². The van der Waals surface area contributed by atoms with E-state index in [-0.39, 0.29) is 11.8 Å². The van der Waals surface area contributed by atoms with Gasteiger partial charge in [0.15, 0.2) is 22.9 Å². The van der Waals surface area contributed by atoms with Crippen LogP contribution in [0.1, 0.15) is 29.8 Å². The minimum Gasteiger partial charge on any atom is -0.494 e. The standard InChI is InChI=1S/C20H20N8O2/c1-11-7-22-15(9-21-11)10-23-16-6-17(25-14-2-3-14)28-19(26-16)13(8-24-28)4-12-5-18(29)27-20(12)30/h4-9,14,23,27,29-30H,2-3,10H2,1H3. The molecule has 0 aromatic carbocycles. The van der Waals surface area contributed by atoms with Crippen molar-refractivity contribution in [1.82, 2.24) is 29.5 Å². The number of aromatic amines is 1. The van der Waals surface area contributed by atoms with Crippen molar-refractivity contribution in [2.24, 2.45) is 4.99 Å². The molecule has 1 fully saturated rings. The van der Waals surface area contributed by atoms with Crippen LogP contribution in [0.5, 0.6) is 11.8 Å². The number of H-pyrrole nitrogens is 1. The Bertz CT molecular complexity index is 1340. The Morgan fingerprint density at radius 1 is 1.23 bits per heavy atom. The fraction of sp³-hybridized carbons (Fsp3) is 0.250. The van der Waals surface area contributed by atoms with Crippen LogP contribution in [-0.2, 0) is 6.54 Å². The van der Waals surface area contributed by atoms with Crippen molar-refractivity contribution in [3.8, 4) is 11.8 Å². The van der Waals surface area contributed by atoms with Gasteiger partial charge in [0.2, 0.25) is 0 Å². The van der Waals surface area contributed by atoms with E-state index in [1.165, 1.54) is 6.07 Å². The highest BCUT2D eigenvalue weighted by molar-refractivity contribution is 5.62. The predicted molar refractivity (Wildman–Crippen MR) is 109 cm³/mol. The number of hydrogen-bond acceptors (Lipinski definition) is 8. The van der Waals surface area contributed by atoms with Gasteiger partial charge in [0.1, 0.15) is 5.82 Å². The SMILES string of the molecule is Cc1cnc(CNc2cc(=NC3CC3)n3ncc(=Cc4cc(O)[nH]c4O)c3n2)cn1. The minimum atomic E-state index is -0.123. The van der Waals surface area contributed by atoms with E-state index in [1.807, 2.05) is 13.0 Å². The smallest absolute Gasteiger partial charge is 0.198 e. The maximum Gasteiger partial charge on any atom is 0.198 e. The van der Waals surface area contributed by atoms with Gasteiger partial charge in [-0.25, -0.2) is 4.98 Å². The van der Waals surface area contributed by atoms with E-state index >= 15 is 0 Å². The van der Waals surface area contributed by atoms with Gasteiger partial charge in [-0.15, -0.1) is 0 Å². The number of nitrogens with one attached hydrogen (secondary N) is 2. The first kappa shape index (κ1) is 18.1. The third-order valence-electron chi connectivity index (χ3n) is 4.75. The molecule has 1 aliphatic rings. The van der Waals surface area contributed by atoms with Gasteiger partial charge < -0.3 is 15.5 Å². The Balaban J connectivity index is 1.57. The third-order valence-corrected chi connectivity index (χ3v) is 4.75. The fourth-order valence-electron chi connectivity index (χ4n) is 3.05. The molecular formula is C20H20N8O2. The van der Waals surface area contributed by atoms with E-state index in [9.17, 15) is 10.2 Å². The van der Waals surface area contributed by atoms with Gasteiger partial charge in [0, 0.05) is 29.1 Å². The average Bonchev–Trinajstić information content (AvgIpc) is 3.36. The molecule has 5 rings (SSSR count). The molecule has 0 aliphatic heterocycles. The summed E-state index contributed by atoms with van der Waals surface area (Å²) >= 11 is 0. The quantitative estimate of drug-likeness (QED) is 0.386. The van der Waals surface area contributed by atoms with Crippen LogP contribution < -0.4 is 16.0 Å². The first-order chi connectivity index (χ1) is 14.5. The molecule has 0 atom stereocenters. The maximum atomic E-state index is 9.93. The number of rotatable bonds is 5. The van der Waals surface area contributed by atoms with Crippen molar-refractivity contribution >= 4 is 17.5 Å². The lowest BCUT2D eigenvalue weighted by atomic mass is 10.2. The van der Waals surface area contributed by atoms with Gasteiger partial charge in [-0.05, 0) is 25.8 Å². The molecule has 0 spiro atoms. The second kappa shape index (κ2) is 7.14.